The largest absolute Gasteiger partial charge is 0.489 e. The summed E-state index contributed by atoms with van der Waals surface area (Å²) in [6.07, 6.45) is -2.41. The zero-order chi connectivity index (χ0) is 32.1. The van der Waals surface area contributed by atoms with Crippen LogP contribution in [0.4, 0.5) is 23.2 Å². The van der Waals surface area contributed by atoms with Crippen molar-refractivity contribution in [2.45, 2.75) is 31.3 Å². The average Bonchev–Trinajstić information content (AvgIpc) is 3.00. The number of amides is 1. The van der Waals surface area contributed by atoms with E-state index in [0.717, 1.165) is 48.7 Å². The van der Waals surface area contributed by atoms with Crippen molar-refractivity contribution in [3.63, 3.8) is 0 Å². The van der Waals surface area contributed by atoms with Gasteiger partial charge in [-0.2, -0.15) is 13.2 Å². The lowest BCUT2D eigenvalue weighted by atomic mass is 10.0. The fourth-order valence-corrected chi connectivity index (χ4v) is 6.65. The molecule has 0 saturated carbocycles. The molecular weight excluding hydrogens is 622 g/mol. The number of anilines is 1. The summed E-state index contributed by atoms with van der Waals surface area (Å²) in [7, 11) is -4.32. The van der Waals surface area contributed by atoms with E-state index in [0.29, 0.717) is 23.6 Å². The van der Waals surface area contributed by atoms with Crippen molar-refractivity contribution in [1.82, 2.24) is 10.2 Å². The van der Waals surface area contributed by atoms with Crippen molar-refractivity contribution >= 4 is 44.9 Å². The van der Waals surface area contributed by atoms with Crippen LogP contribution < -0.4 is 14.4 Å². The number of nitrogens with one attached hydrogen (secondary N) is 1. The summed E-state index contributed by atoms with van der Waals surface area (Å²) >= 11 is 6.13. The molecule has 1 saturated heterocycles. The second-order valence-corrected chi connectivity index (χ2v) is 12.4. The summed E-state index contributed by atoms with van der Waals surface area (Å²) in [6, 6.07) is 12.7. The number of alkyl halides is 3. The van der Waals surface area contributed by atoms with Gasteiger partial charge in [-0.1, -0.05) is 42.8 Å². The van der Waals surface area contributed by atoms with Gasteiger partial charge in [0.15, 0.2) is 0 Å². The number of ether oxygens (including phenoxy) is 1. The van der Waals surface area contributed by atoms with Crippen LogP contribution in [0.3, 0.4) is 0 Å². The van der Waals surface area contributed by atoms with Crippen LogP contribution in [-0.4, -0.2) is 58.6 Å². The molecule has 5 rings (SSSR count). The molecular formula is C31H32ClF4N3O4S. The Morgan fingerprint density at radius 2 is 1.75 bits per heavy atom. The molecule has 1 amide bonds. The number of sulfonamides is 1. The van der Waals surface area contributed by atoms with Gasteiger partial charge < -0.3 is 15.0 Å². The van der Waals surface area contributed by atoms with Crippen LogP contribution in [0.25, 0.3) is 11.6 Å². The van der Waals surface area contributed by atoms with Crippen molar-refractivity contribution in [1.29, 1.82) is 0 Å². The quantitative estimate of drug-likeness (QED) is 0.252. The Hall–Kier alpha value is -3.61. The number of piperazine rings is 1. The number of hydrogen-bond donors (Lipinski definition) is 1. The third-order valence-corrected chi connectivity index (χ3v) is 9.19. The van der Waals surface area contributed by atoms with E-state index in [1.807, 2.05) is 11.8 Å². The van der Waals surface area contributed by atoms with E-state index in [1.165, 1.54) is 18.2 Å². The lowest BCUT2D eigenvalue weighted by Gasteiger charge is -2.31. The topological polar surface area (TPSA) is 79.0 Å². The standard InChI is InChI=1S/C24H18ClF4NO3S.C7H14N2O/c1-15(23-19(25)6-3-7-20(23)26)12-16-8-9-22-21(13-16)30(10-11-33-22)34(31,32)18-5-2-4-17(14-18)24(27,28)29;1-2-7(10)9-5-3-8-4-6-9/h2-9,12-14H,10-11H2,1H3;8H,2-6H2,1H3/b15-12+;. The maximum Gasteiger partial charge on any atom is 0.416 e. The van der Waals surface area contributed by atoms with Crippen molar-refractivity contribution in [3.05, 3.63) is 88.2 Å². The first-order valence-electron chi connectivity index (χ1n) is 13.9. The van der Waals surface area contributed by atoms with Crippen LogP contribution in [0.2, 0.25) is 5.02 Å². The minimum atomic E-state index is -4.68. The van der Waals surface area contributed by atoms with E-state index in [-0.39, 0.29) is 41.1 Å². The summed E-state index contributed by atoms with van der Waals surface area (Å²) < 4.78 is 86.9. The van der Waals surface area contributed by atoms with Crippen LogP contribution in [0.1, 0.15) is 37.0 Å². The zero-order valence-electron chi connectivity index (χ0n) is 24.1. The first kappa shape index (κ1) is 33.3. The Morgan fingerprint density at radius 3 is 2.41 bits per heavy atom. The molecule has 0 radical (unpaired) electrons. The van der Waals surface area contributed by atoms with Gasteiger partial charge in [-0.25, -0.2) is 12.8 Å². The summed E-state index contributed by atoms with van der Waals surface area (Å²) in [6.45, 7) is 7.18. The number of allylic oxidation sites excluding steroid dienone is 1. The molecule has 3 aromatic carbocycles. The number of hydrogen-bond acceptors (Lipinski definition) is 5. The van der Waals surface area contributed by atoms with Gasteiger partial charge in [0.2, 0.25) is 5.91 Å². The van der Waals surface area contributed by atoms with Crippen molar-refractivity contribution in [2.75, 3.05) is 43.6 Å². The molecule has 2 aliphatic rings. The monoisotopic (exact) mass is 653 g/mol. The summed E-state index contributed by atoms with van der Waals surface area (Å²) in [5.74, 6) is 0.0401. The van der Waals surface area contributed by atoms with E-state index in [2.05, 4.69) is 5.32 Å². The molecule has 1 N–H and O–H groups in total. The Balaban J connectivity index is 0.000000375. The second-order valence-electron chi connectivity index (χ2n) is 10.1. The number of benzene rings is 3. The molecule has 1 fully saturated rings. The van der Waals surface area contributed by atoms with Crippen LogP contribution in [-0.2, 0) is 21.0 Å². The summed E-state index contributed by atoms with van der Waals surface area (Å²) in [4.78, 5) is 12.5. The van der Waals surface area contributed by atoms with Crippen LogP contribution in [0.15, 0.2) is 65.6 Å². The molecule has 236 valence electrons. The Kier molecular flexibility index (Phi) is 10.6. The lowest BCUT2D eigenvalue weighted by molar-refractivity contribution is -0.137. The van der Waals surface area contributed by atoms with Gasteiger partial charge in [-0.15, -0.1) is 0 Å². The van der Waals surface area contributed by atoms with Crippen LogP contribution in [0.5, 0.6) is 5.75 Å². The molecule has 0 unspecified atom stereocenters. The molecule has 3 aromatic rings. The van der Waals surface area contributed by atoms with Crippen LogP contribution in [0, 0.1) is 5.82 Å². The molecule has 13 heteroatoms. The van der Waals surface area contributed by atoms with Gasteiger partial charge in [0.05, 0.1) is 27.7 Å². The highest BCUT2D eigenvalue weighted by molar-refractivity contribution is 7.92. The van der Waals surface area contributed by atoms with Crippen molar-refractivity contribution < 1.29 is 35.5 Å². The number of nitrogens with zero attached hydrogens (tertiary/aromatic N) is 2. The van der Waals surface area contributed by atoms with E-state index in [1.54, 1.807) is 31.2 Å². The highest BCUT2D eigenvalue weighted by atomic mass is 35.5. The normalized spacial score (nSPS) is 15.6. The fourth-order valence-electron chi connectivity index (χ4n) is 4.84. The number of halogens is 5. The molecule has 2 aliphatic heterocycles. The molecule has 7 nitrogen and oxygen atoms in total. The zero-order valence-corrected chi connectivity index (χ0v) is 25.7. The summed E-state index contributed by atoms with van der Waals surface area (Å²) in [5.41, 5.74) is 0.366. The van der Waals surface area contributed by atoms with E-state index in [9.17, 15) is 30.8 Å². The van der Waals surface area contributed by atoms with Crippen LogP contribution >= 0.6 is 11.6 Å². The highest BCUT2D eigenvalue weighted by Gasteiger charge is 2.34. The maximum atomic E-state index is 14.3. The molecule has 0 bridgehead atoms. The highest BCUT2D eigenvalue weighted by Crippen LogP contribution is 2.38. The maximum absolute atomic E-state index is 14.3. The fraction of sp³-hybridized carbons (Fsp3) is 0.323. The van der Waals surface area contributed by atoms with Crippen molar-refractivity contribution in [3.8, 4) is 5.75 Å². The lowest BCUT2D eigenvalue weighted by Crippen LogP contribution is -2.46. The van der Waals surface area contributed by atoms with Crippen molar-refractivity contribution in [2.24, 2.45) is 0 Å². The third kappa shape index (κ3) is 7.72. The minimum Gasteiger partial charge on any atom is -0.489 e. The molecule has 0 atom stereocenters. The van der Waals surface area contributed by atoms with Gasteiger partial charge >= 0.3 is 6.18 Å². The Labute approximate surface area is 259 Å². The van der Waals surface area contributed by atoms with Gasteiger partial charge in [0, 0.05) is 38.2 Å². The van der Waals surface area contributed by atoms with E-state index in [4.69, 9.17) is 16.3 Å². The number of carbonyl (C=O) groups excluding carboxylic acids is 1. The third-order valence-electron chi connectivity index (χ3n) is 7.07. The molecule has 44 heavy (non-hydrogen) atoms. The van der Waals surface area contributed by atoms with Gasteiger partial charge in [-0.3, -0.25) is 9.10 Å². The van der Waals surface area contributed by atoms with Gasteiger partial charge in [0.25, 0.3) is 10.0 Å². The predicted octanol–water partition coefficient (Wildman–Crippen LogP) is 6.47. The van der Waals surface area contributed by atoms with Gasteiger partial charge in [0.1, 0.15) is 18.2 Å². The van der Waals surface area contributed by atoms with E-state index >= 15 is 0 Å². The average molecular weight is 654 g/mol. The van der Waals surface area contributed by atoms with Gasteiger partial charge in [-0.05, 0) is 60.5 Å². The number of carbonyl (C=O) groups is 1. The smallest absolute Gasteiger partial charge is 0.416 e. The Morgan fingerprint density at radius 1 is 1.05 bits per heavy atom. The molecule has 0 aliphatic carbocycles. The minimum absolute atomic E-state index is 0.0320. The first-order valence-corrected chi connectivity index (χ1v) is 15.7. The predicted molar refractivity (Wildman–Crippen MR) is 163 cm³/mol. The second kappa shape index (κ2) is 14.0. The Bertz CT molecular complexity index is 1620. The first-order chi connectivity index (χ1) is 20.8. The molecule has 2 heterocycles. The summed E-state index contributed by atoms with van der Waals surface area (Å²) in [5, 5.41) is 3.43. The number of fused-ring (bicyclic) bond motifs is 1. The SMILES string of the molecule is C/C(=C\c1ccc2c(c1)N(S(=O)(=O)c1cccc(C(F)(F)F)c1)CCO2)c1c(F)cccc1Cl.CCC(=O)N1CCNCC1. The molecule has 0 aromatic heterocycles. The molecule has 0 spiro atoms. The van der Waals surface area contributed by atoms with E-state index < -0.39 is 32.5 Å². The number of rotatable bonds is 5.